The lowest BCUT2D eigenvalue weighted by atomic mass is 9.88. The molecule has 0 aliphatic carbocycles. The van der Waals surface area contributed by atoms with Crippen molar-refractivity contribution in [3.63, 3.8) is 0 Å². The number of aromatic nitrogens is 4. The van der Waals surface area contributed by atoms with E-state index in [0.717, 1.165) is 59.4 Å². The minimum Gasteiger partial charge on any atom is -0.444 e. The van der Waals surface area contributed by atoms with Crippen LogP contribution in [-0.2, 0) is 4.74 Å². The highest BCUT2D eigenvalue weighted by molar-refractivity contribution is 7.98. The lowest BCUT2D eigenvalue weighted by molar-refractivity contribution is -0.00892. The molecule has 9 nitrogen and oxygen atoms in total. The maximum atomic E-state index is 13.2. The Hall–Kier alpha value is -3.01. The van der Waals surface area contributed by atoms with Crippen molar-refractivity contribution in [1.29, 1.82) is 0 Å². The highest BCUT2D eigenvalue weighted by atomic mass is 32.2. The summed E-state index contributed by atoms with van der Waals surface area (Å²) in [4.78, 5) is 26.0. The predicted molar refractivity (Wildman–Crippen MR) is 155 cm³/mol. The monoisotopic (exact) mass is 539 g/mol. The minimum atomic E-state index is -0.521. The summed E-state index contributed by atoms with van der Waals surface area (Å²) < 4.78 is 5.82. The topological polar surface area (TPSA) is 108 Å². The van der Waals surface area contributed by atoms with Crippen LogP contribution in [-0.4, -0.2) is 61.1 Å². The normalized spacial score (nSPS) is 20.0. The molecule has 1 fully saturated rings. The molecular formula is C28H41N7O2S. The molecule has 1 amide bonds. The maximum Gasteiger partial charge on any atom is 0.410 e. The van der Waals surface area contributed by atoms with Gasteiger partial charge in [-0.05, 0) is 65.7 Å². The van der Waals surface area contributed by atoms with E-state index in [1.165, 1.54) is 0 Å². The van der Waals surface area contributed by atoms with E-state index in [0.29, 0.717) is 11.6 Å². The van der Waals surface area contributed by atoms with E-state index in [9.17, 15) is 4.79 Å². The highest BCUT2D eigenvalue weighted by Crippen LogP contribution is 2.34. The molecule has 1 saturated heterocycles. The molecule has 3 N–H and O–H groups in total. The van der Waals surface area contributed by atoms with Gasteiger partial charge < -0.3 is 20.3 Å². The number of hydrogen-bond donors (Lipinski definition) is 3. The Morgan fingerprint density at radius 3 is 2.58 bits per heavy atom. The largest absolute Gasteiger partial charge is 0.444 e. The smallest absolute Gasteiger partial charge is 0.410 e. The molecule has 0 saturated carbocycles. The number of carbonyl (C=O) groups excluding carboxylic acids is 1. The van der Waals surface area contributed by atoms with Gasteiger partial charge in [0.2, 0.25) is 0 Å². The molecule has 1 aliphatic heterocycles. The summed E-state index contributed by atoms with van der Waals surface area (Å²) in [6.45, 7) is 12.1. The number of hydrogen-bond acceptors (Lipinski definition) is 8. The zero-order valence-electron chi connectivity index (χ0n) is 23.6. The van der Waals surface area contributed by atoms with E-state index in [1.54, 1.807) is 11.8 Å². The fourth-order valence-corrected chi connectivity index (χ4v) is 5.55. The molecule has 10 heteroatoms. The van der Waals surface area contributed by atoms with Gasteiger partial charge in [-0.2, -0.15) is 5.10 Å². The standard InChI is InChI=1S/C28H41N7O2S/c1-8-10-20-13-18(12-19(9-2)35(20)27(36)37-28(4,5)6)30-26-22-14-21(38-7)16-29-23(22)15-24(32-26)31-25-11-17(3)33-34-25/h11,14-16,18-20H,8-10,12-13H2,1-7H3,(H3,30,31,32,33,34). The van der Waals surface area contributed by atoms with Crippen LogP contribution in [0.3, 0.4) is 0 Å². The van der Waals surface area contributed by atoms with E-state index in [4.69, 9.17) is 14.7 Å². The third-order valence-corrected chi connectivity index (χ3v) is 7.48. The fraction of sp³-hybridized carbons (Fsp3) is 0.571. The lowest BCUT2D eigenvalue weighted by Crippen LogP contribution is -2.55. The summed E-state index contributed by atoms with van der Waals surface area (Å²) in [5.74, 6) is 2.18. The Morgan fingerprint density at radius 2 is 1.95 bits per heavy atom. The van der Waals surface area contributed by atoms with Gasteiger partial charge in [-0.1, -0.05) is 20.3 Å². The van der Waals surface area contributed by atoms with Crippen LogP contribution in [0.4, 0.5) is 22.2 Å². The van der Waals surface area contributed by atoms with Crippen molar-refractivity contribution in [3.05, 3.63) is 30.1 Å². The van der Waals surface area contributed by atoms with Gasteiger partial charge in [0.1, 0.15) is 17.2 Å². The second-order valence-corrected chi connectivity index (χ2v) is 11.9. The van der Waals surface area contributed by atoms with Crippen LogP contribution < -0.4 is 10.6 Å². The number of anilines is 3. The number of piperidine rings is 1. The molecule has 206 valence electrons. The van der Waals surface area contributed by atoms with E-state index >= 15 is 0 Å². The maximum absolute atomic E-state index is 13.2. The number of nitrogens with zero attached hydrogens (tertiary/aromatic N) is 4. The molecule has 0 radical (unpaired) electrons. The molecule has 3 unspecified atom stereocenters. The van der Waals surface area contributed by atoms with Crippen molar-refractivity contribution in [2.75, 3.05) is 16.9 Å². The summed E-state index contributed by atoms with van der Waals surface area (Å²) in [5.41, 5.74) is 1.31. The number of likely N-dealkylation sites (tertiary alicyclic amines) is 1. The van der Waals surface area contributed by atoms with Crippen LogP contribution in [0.1, 0.15) is 72.4 Å². The molecule has 38 heavy (non-hydrogen) atoms. The van der Waals surface area contributed by atoms with Gasteiger partial charge in [-0.3, -0.25) is 10.1 Å². The number of nitrogens with one attached hydrogen (secondary N) is 3. The van der Waals surface area contributed by atoms with E-state index in [-0.39, 0.29) is 24.2 Å². The molecule has 1 aliphatic rings. The third-order valence-electron chi connectivity index (χ3n) is 6.79. The molecule has 3 aromatic heterocycles. The van der Waals surface area contributed by atoms with Crippen LogP contribution in [0.15, 0.2) is 29.3 Å². The fourth-order valence-electron chi connectivity index (χ4n) is 5.16. The van der Waals surface area contributed by atoms with Crippen molar-refractivity contribution in [3.8, 4) is 0 Å². The van der Waals surface area contributed by atoms with Crippen LogP contribution in [0.5, 0.6) is 0 Å². The van der Waals surface area contributed by atoms with Crippen molar-refractivity contribution >= 4 is 46.2 Å². The highest BCUT2D eigenvalue weighted by Gasteiger charge is 2.39. The van der Waals surface area contributed by atoms with E-state index < -0.39 is 5.60 Å². The van der Waals surface area contributed by atoms with Crippen molar-refractivity contribution in [1.82, 2.24) is 25.1 Å². The molecule has 3 aromatic rings. The first-order valence-electron chi connectivity index (χ1n) is 13.5. The van der Waals surface area contributed by atoms with Gasteiger partial charge in [0.25, 0.3) is 0 Å². The number of ether oxygens (including phenoxy) is 1. The minimum absolute atomic E-state index is 0.0899. The number of fused-ring (bicyclic) bond motifs is 1. The Kier molecular flexibility index (Phi) is 8.70. The van der Waals surface area contributed by atoms with Gasteiger partial charge in [-0.15, -0.1) is 11.8 Å². The first-order valence-corrected chi connectivity index (χ1v) is 14.7. The number of carbonyl (C=O) groups is 1. The quantitative estimate of drug-likeness (QED) is 0.266. The SMILES string of the molecule is CCCC1CC(Nc2nc(Nc3cc(C)[nH]n3)cc3ncc(SC)cc23)CC(CC)N1C(=O)OC(C)(C)C. The third kappa shape index (κ3) is 6.70. The van der Waals surface area contributed by atoms with E-state index in [2.05, 4.69) is 40.7 Å². The molecule has 4 rings (SSSR count). The predicted octanol–water partition coefficient (Wildman–Crippen LogP) is 6.89. The van der Waals surface area contributed by atoms with Gasteiger partial charge in [0.05, 0.1) is 5.52 Å². The first kappa shape index (κ1) is 28.0. The molecule has 4 heterocycles. The number of H-pyrrole nitrogens is 1. The summed E-state index contributed by atoms with van der Waals surface area (Å²) in [7, 11) is 0. The Balaban J connectivity index is 1.65. The van der Waals surface area contributed by atoms with Crippen LogP contribution in [0.2, 0.25) is 0 Å². The number of aryl methyl sites for hydroxylation is 1. The van der Waals surface area contributed by atoms with Gasteiger partial charge in [0, 0.05) is 52.4 Å². The molecule has 0 aromatic carbocycles. The summed E-state index contributed by atoms with van der Waals surface area (Å²) in [6, 6.07) is 6.39. The summed E-state index contributed by atoms with van der Waals surface area (Å²) in [5, 5.41) is 15.3. The van der Waals surface area contributed by atoms with Crippen molar-refractivity contribution < 1.29 is 9.53 Å². The van der Waals surface area contributed by atoms with Gasteiger partial charge >= 0.3 is 6.09 Å². The number of thioether (sulfide) groups is 1. The average Bonchev–Trinajstić information content (AvgIpc) is 3.26. The number of rotatable bonds is 8. The molecule has 3 atom stereocenters. The van der Waals surface area contributed by atoms with Crippen molar-refractivity contribution in [2.24, 2.45) is 0 Å². The number of amides is 1. The van der Waals surface area contributed by atoms with Crippen molar-refractivity contribution in [2.45, 2.75) is 102 Å². The molecule has 0 bridgehead atoms. The van der Waals surface area contributed by atoms with Crippen LogP contribution in [0, 0.1) is 6.92 Å². The lowest BCUT2D eigenvalue weighted by Gasteiger charge is -2.45. The Morgan fingerprint density at radius 1 is 1.18 bits per heavy atom. The zero-order chi connectivity index (χ0) is 27.4. The molecular weight excluding hydrogens is 498 g/mol. The first-order chi connectivity index (χ1) is 18.1. The Labute approximate surface area is 229 Å². The molecule has 0 spiro atoms. The summed E-state index contributed by atoms with van der Waals surface area (Å²) >= 11 is 1.66. The van der Waals surface area contributed by atoms with E-state index in [1.807, 2.05) is 57.2 Å². The van der Waals surface area contributed by atoms with Gasteiger partial charge in [0.15, 0.2) is 5.82 Å². The van der Waals surface area contributed by atoms with Crippen LogP contribution >= 0.6 is 11.8 Å². The summed E-state index contributed by atoms with van der Waals surface area (Å²) in [6.07, 6.45) is 8.18. The zero-order valence-corrected chi connectivity index (χ0v) is 24.4. The Bertz CT molecular complexity index is 1260. The number of pyridine rings is 2. The average molecular weight is 540 g/mol. The second kappa shape index (κ2) is 11.8. The second-order valence-electron chi connectivity index (χ2n) is 11.1. The number of aromatic amines is 1. The van der Waals surface area contributed by atoms with Crippen LogP contribution in [0.25, 0.3) is 10.9 Å². The van der Waals surface area contributed by atoms with Gasteiger partial charge in [-0.25, -0.2) is 9.78 Å².